The molecule has 0 bridgehead atoms. The molecule has 13 heavy (non-hydrogen) atoms. The fraction of sp³-hybridized carbons (Fsp3) is 0.0909. The Hall–Kier alpha value is -1.02. The Morgan fingerprint density at radius 1 is 1.31 bits per heavy atom. The van der Waals surface area contributed by atoms with E-state index in [0.29, 0.717) is 0 Å². The lowest BCUT2D eigenvalue weighted by Gasteiger charge is -2.08. The maximum atomic E-state index is 3.46. The molecule has 0 aromatic heterocycles. The van der Waals surface area contributed by atoms with Crippen LogP contribution in [0.4, 0.5) is 0 Å². The number of dihydropyridines is 1. The van der Waals surface area contributed by atoms with Crippen LogP contribution in [0.25, 0.3) is 5.57 Å². The zero-order chi connectivity index (χ0) is 9.10. The van der Waals surface area contributed by atoms with E-state index >= 15 is 0 Å². The second-order valence-electron chi connectivity index (χ2n) is 2.91. The number of nitrogens with one attached hydrogen (secondary N) is 1. The minimum Gasteiger partial charge on any atom is -0.387 e. The standard InChI is InChI=1S/C11H10BrN/c12-11-3-1-2-10(8-11)9-4-6-13-7-5-9/h1-6,8,13H,7H2. The third-order valence-corrected chi connectivity index (χ3v) is 2.47. The van der Waals surface area contributed by atoms with Gasteiger partial charge in [0, 0.05) is 11.0 Å². The van der Waals surface area contributed by atoms with E-state index in [1.165, 1.54) is 11.1 Å². The Bertz CT molecular complexity index is 366. The number of benzene rings is 1. The smallest absolute Gasteiger partial charge is 0.0334 e. The predicted octanol–water partition coefficient (Wildman–Crippen LogP) is 2.95. The molecule has 1 aromatic rings. The molecule has 1 aromatic carbocycles. The van der Waals surface area contributed by atoms with Gasteiger partial charge >= 0.3 is 0 Å². The third-order valence-electron chi connectivity index (χ3n) is 1.98. The van der Waals surface area contributed by atoms with Crippen LogP contribution in [0.5, 0.6) is 0 Å². The van der Waals surface area contributed by atoms with Gasteiger partial charge in [-0.2, -0.15) is 0 Å². The highest BCUT2D eigenvalue weighted by molar-refractivity contribution is 9.10. The molecular weight excluding hydrogens is 226 g/mol. The van der Waals surface area contributed by atoms with Crippen LogP contribution in [0.2, 0.25) is 0 Å². The predicted molar refractivity (Wildman–Crippen MR) is 59.3 cm³/mol. The van der Waals surface area contributed by atoms with Gasteiger partial charge in [0.05, 0.1) is 0 Å². The molecule has 1 nitrogen and oxygen atoms in total. The molecule has 0 fully saturated rings. The van der Waals surface area contributed by atoms with Crippen LogP contribution in [0.3, 0.4) is 0 Å². The van der Waals surface area contributed by atoms with Gasteiger partial charge in [-0.05, 0) is 35.5 Å². The summed E-state index contributed by atoms with van der Waals surface area (Å²) in [7, 11) is 0. The zero-order valence-corrected chi connectivity index (χ0v) is 8.71. The van der Waals surface area contributed by atoms with Gasteiger partial charge in [0.1, 0.15) is 0 Å². The summed E-state index contributed by atoms with van der Waals surface area (Å²) in [5, 5.41) is 3.13. The van der Waals surface area contributed by atoms with E-state index in [9.17, 15) is 0 Å². The molecule has 0 saturated carbocycles. The molecule has 0 spiro atoms. The van der Waals surface area contributed by atoms with Gasteiger partial charge < -0.3 is 5.32 Å². The zero-order valence-electron chi connectivity index (χ0n) is 7.13. The molecule has 0 unspecified atom stereocenters. The van der Waals surface area contributed by atoms with Crippen molar-refractivity contribution < 1.29 is 0 Å². The molecular formula is C11H10BrN. The van der Waals surface area contributed by atoms with Crippen molar-refractivity contribution in [3.05, 3.63) is 52.7 Å². The van der Waals surface area contributed by atoms with Crippen LogP contribution in [0.15, 0.2) is 47.1 Å². The average Bonchev–Trinajstić information content (AvgIpc) is 2.19. The summed E-state index contributed by atoms with van der Waals surface area (Å²) in [6.45, 7) is 0.915. The Labute approximate surface area is 86.3 Å². The Kier molecular flexibility index (Phi) is 2.50. The van der Waals surface area contributed by atoms with Crippen molar-refractivity contribution in [3.63, 3.8) is 0 Å². The maximum Gasteiger partial charge on any atom is 0.0334 e. The fourth-order valence-corrected chi connectivity index (χ4v) is 1.74. The second kappa shape index (κ2) is 3.79. The molecule has 0 amide bonds. The lowest BCUT2D eigenvalue weighted by Crippen LogP contribution is -2.08. The number of rotatable bonds is 1. The second-order valence-corrected chi connectivity index (χ2v) is 3.83. The number of hydrogen-bond acceptors (Lipinski definition) is 1. The summed E-state index contributed by atoms with van der Waals surface area (Å²) in [6.07, 6.45) is 6.25. The van der Waals surface area contributed by atoms with Crippen molar-refractivity contribution in [2.75, 3.05) is 6.54 Å². The lowest BCUT2D eigenvalue weighted by molar-refractivity contribution is 0.976. The van der Waals surface area contributed by atoms with Crippen LogP contribution >= 0.6 is 15.9 Å². The van der Waals surface area contributed by atoms with Gasteiger partial charge in [-0.25, -0.2) is 0 Å². The van der Waals surface area contributed by atoms with Gasteiger partial charge in [-0.1, -0.05) is 34.1 Å². The molecule has 1 heterocycles. The highest BCUT2D eigenvalue weighted by atomic mass is 79.9. The first-order chi connectivity index (χ1) is 6.36. The number of halogens is 1. The first kappa shape index (κ1) is 8.57. The van der Waals surface area contributed by atoms with Gasteiger partial charge in [-0.3, -0.25) is 0 Å². The Morgan fingerprint density at radius 3 is 2.92 bits per heavy atom. The Morgan fingerprint density at radius 2 is 2.23 bits per heavy atom. The molecule has 0 radical (unpaired) electrons. The molecule has 0 atom stereocenters. The van der Waals surface area contributed by atoms with Crippen molar-refractivity contribution >= 4 is 21.5 Å². The highest BCUT2D eigenvalue weighted by Gasteiger charge is 2.00. The van der Waals surface area contributed by atoms with Crippen molar-refractivity contribution in [1.29, 1.82) is 0 Å². The average molecular weight is 236 g/mol. The van der Waals surface area contributed by atoms with E-state index < -0.39 is 0 Å². The van der Waals surface area contributed by atoms with Crippen molar-refractivity contribution in [1.82, 2.24) is 5.32 Å². The van der Waals surface area contributed by atoms with Crippen molar-refractivity contribution in [3.8, 4) is 0 Å². The van der Waals surface area contributed by atoms with Crippen LogP contribution in [0, 0.1) is 0 Å². The van der Waals surface area contributed by atoms with Crippen LogP contribution in [-0.4, -0.2) is 6.54 Å². The summed E-state index contributed by atoms with van der Waals surface area (Å²) < 4.78 is 1.12. The van der Waals surface area contributed by atoms with E-state index in [0.717, 1.165) is 11.0 Å². The van der Waals surface area contributed by atoms with Gasteiger partial charge in [0.15, 0.2) is 0 Å². The minimum absolute atomic E-state index is 0.915. The summed E-state index contributed by atoms with van der Waals surface area (Å²) >= 11 is 3.46. The monoisotopic (exact) mass is 235 g/mol. The molecule has 1 aliphatic heterocycles. The first-order valence-electron chi connectivity index (χ1n) is 4.22. The summed E-state index contributed by atoms with van der Waals surface area (Å²) in [5.74, 6) is 0. The largest absolute Gasteiger partial charge is 0.387 e. The van der Waals surface area contributed by atoms with Crippen LogP contribution in [0.1, 0.15) is 5.56 Å². The van der Waals surface area contributed by atoms with Crippen molar-refractivity contribution in [2.24, 2.45) is 0 Å². The van der Waals surface area contributed by atoms with E-state index in [-0.39, 0.29) is 0 Å². The SMILES string of the molecule is Brc1cccc(C2=CCNC=C2)c1. The Balaban J connectivity index is 2.35. The van der Waals surface area contributed by atoms with Gasteiger partial charge in [0.2, 0.25) is 0 Å². The summed E-state index contributed by atoms with van der Waals surface area (Å²) in [5.41, 5.74) is 2.53. The van der Waals surface area contributed by atoms with E-state index in [1.54, 1.807) is 0 Å². The molecule has 2 rings (SSSR count). The molecule has 1 aliphatic rings. The quantitative estimate of drug-likeness (QED) is 0.790. The van der Waals surface area contributed by atoms with E-state index in [1.807, 2.05) is 12.3 Å². The highest BCUT2D eigenvalue weighted by Crippen LogP contribution is 2.20. The summed E-state index contributed by atoms with van der Waals surface area (Å²) in [4.78, 5) is 0. The minimum atomic E-state index is 0.915. The first-order valence-corrected chi connectivity index (χ1v) is 5.01. The topological polar surface area (TPSA) is 12.0 Å². The van der Waals surface area contributed by atoms with E-state index in [2.05, 4.69) is 51.6 Å². The molecule has 2 heteroatoms. The molecule has 1 N–H and O–H groups in total. The number of hydrogen-bond donors (Lipinski definition) is 1. The third kappa shape index (κ3) is 2.01. The maximum absolute atomic E-state index is 3.46. The van der Waals surface area contributed by atoms with Crippen LogP contribution < -0.4 is 5.32 Å². The number of allylic oxidation sites excluding steroid dienone is 2. The van der Waals surface area contributed by atoms with E-state index in [4.69, 9.17) is 0 Å². The summed E-state index contributed by atoms with van der Waals surface area (Å²) in [6, 6.07) is 8.33. The van der Waals surface area contributed by atoms with Gasteiger partial charge in [-0.15, -0.1) is 0 Å². The van der Waals surface area contributed by atoms with Crippen LogP contribution in [-0.2, 0) is 0 Å². The lowest BCUT2D eigenvalue weighted by atomic mass is 10.0. The van der Waals surface area contributed by atoms with Gasteiger partial charge in [0.25, 0.3) is 0 Å². The fourth-order valence-electron chi connectivity index (χ4n) is 1.34. The van der Waals surface area contributed by atoms with Crippen molar-refractivity contribution in [2.45, 2.75) is 0 Å². The molecule has 0 saturated heterocycles. The molecule has 0 aliphatic carbocycles. The normalized spacial score (nSPS) is 15.0. The molecule has 66 valence electrons.